The van der Waals surface area contributed by atoms with Gasteiger partial charge in [-0.05, 0) is 43.3 Å². The summed E-state index contributed by atoms with van der Waals surface area (Å²) in [4.78, 5) is 20.9. The first kappa shape index (κ1) is 20.7. The molecule has 0 spiro atoms. The standard InChI is InChI=1S/C20H15F3N2O3S/c1-2-28-19(27)16-17(26)15(11-13-7-3-4-9-24-13)29-18(16)25-14-8-5-6-12(10-14)20(21,22)23/h3-11,26H,2H2,1H3. The van der Waals surface area contributed by atoms with Crippen molar-refractivity contribution in [3.8, 4) is 0 Å². The smallest absolute Gasteiger partial charge is 0.416 e. The number of aliphatic imine (C=N–C) groups is 1. The van der Waals surface area contributed by atoms with Crippen LogP contribution in [0, 0.1) is 0 Å². The van der Waals surface area contributed by atoms with Crippen molar-refractivity contribution < 1.29 is 27.8 Å². The molecule has 1 aliphatic rings. The lowest BCUT2D eigenvalue weighted by molar-refractivity contribution is -0.138. The van der Waals surface area contributed by atoms with Gasteiger partial charge in [0.1, 0.15) is 16.4 Å². The molecule has 0 amide bonds. The maximum Gasteiger partial charge on any atom is 0.416 e. The molecule has 0 saturated heterocycles. The van der Waals surface area contributed by atoms with Crippen LogP contribution < -0.4 is 0 Å². The van der Waals surface area contributed by atoms with Gasteiger partial charge in [-0.1, -0.05) is 23.9 Å². The molecule has 0 radical (unpaired) electrons. The molecule has 0 unspecified atom stereocenters. The highest BCUT2D eigenvalue weighted by atomic mass is 32.2. The van der Waals surface area contributed by atoms with Crippen molar-refractivity contribution in [3.63, 3.8) is 0 Å². The third-order valence-corrected chi connectivity index (χ3v) is 4.76. The number of nitrogens with zero attached hydrogens (tertiary/aromatic N) is 2. The van der Waals surface area contributed by atoms with Gasteiger partial charge in [-0.2, -0.15) is 13.2 Å². The minimum absolute atomic E-state index is 0.00369. The summed E-state index contributed by atoms with van der Waals surface area (Å²) in [6.07, 6.45) is -1.41. The van der Waals surface area contributed by atoms with E-state index < -0.39 is 17.7 Å². The van der Waals surface area contributed by atoms with Crippen molar-refractivity contribution in [2.24, 2.45) is 4.99 Å². The molecule has 0 bridgehead atoms. The molecule has 150 valence electrons. The second-order valence-corrected chi connectivity index (χ2v) is 6.81. The predicted octanol–water partition coefficient (Wildman–Crippen LogP) is 5.29. The largest absolute Gasteiger partial charge is 0.506 e. The Morgan fingerprint density at radius 3 is 2.72 bits per heavy atom. The topological polar surface area (TPSA) is 71.8 Å². The predicted molar refractivity (Wildman–Crippen MR) is 105 cm³/mol. The highest BCUT2D eigenvalue weighted by Crippen LogP contribution is 2.40. The van der Waals surface area contributed by atoms with E-state index in [1.54, 1.807) is 37.4 Å². The normalized spacial score (nSPS) is 17.2. The van der Waals surface area contributed by atoms with Crippen molar-refractivity contribution in [2.45, 2.75) is 13.1 Å². The maximum absolute atomic E-state index is 13.0. The maximum atomic E-state index is 13.0. The van der Waals surface area contributed by atoms with E-state index in [9.17, 15) is 23.1 Å². The molecular weight excluding hydrogens is 405 g/mol. The van der Waals surface area contributed by atoms with Crippen molar-refractivity contribution in [1.29, 1.82) is 0 Å². The number of rotatable bonds is 4. The number of ether oxygens (including phenoxy) is 1. The van der Waals surface area contributed by atoms with Gasteiger partial charge < -0.3 is 9.84 Å². The van der Waals surface area contributed by atoms with Crippen molar-refractivity contribution in [3.05, 3.63) is 76.2 Å². The highest BCUT2D eigenvalue weighted by molar-refractivity contribution is 8.18. The fourth-order valence-electron chi connectivity index (χ4n) is 2.46. The molecule has 0 fully saturated rings. The Bertz CT molecular complexity index is 1020. The minimum Gasteiger partial charge on any atom is -0.506 e. The Morgan fingerprint density at radius 1 is 1.28 bits per heavy atom. The van der Waals surface area contributed by atoms with Crippen LogP contribution in [0.15, 0.2) is 69.9 Å². The minimum atomic E-state index is -4.52. The van der Waals surface area contributed by atoms with Crippen molar-refractivity contribution >= 4 is 34.5 Å². The quantitative estimate of drug-likeness (QED) is 0.680. The molecule has 1 aliphatic heterocycles. The van der Waals surface area contributed by atoms with Crippen molar-refractivity contribution in [1.82, 2.24) is 4.98 Å². The van der Waals surface area contributed by atoms with Gasteiger partial charge in [0.15, 0.2) is 0 Å². The number of hydrogen-bond acceptors (Lipinski definition) is 6. The van der Waals surface area contributed by atoms with E-state index in [0.717, 1.165) is 23.9 Å². The number of halogens is 3. The van der Waals surface area contributed by atoms with Gasteiger partial charge in [-0.15, -0.1) is 0 Å². The highest BCUT2D eigenvalue weighted by Gasteiger charge is 2.34. The first-order valence-electron chi connectivity index (χ1n) is 8.47. The lowest BCUT2D eigenvalue weighted by Gasteiger charge is -2.07. The lowest BCUT2D eigenvalue weighted by atomic mass is 10.2. The number of hydrogen-bond donors (Lipinski definition) is 1. The average Bonchev–Trinajstić information content (AvgIpc) is 2.97. The summed E-state index contributed by atoms with van der Waals surface area (Å²) in [5, 5.41) is 10.6. The van der Waals surface area contributed by atoms with Gasteiger partial charge >= 0.3 is 12.1 Å². The van der Waals surface area contributed by atoms with Crippen LogP contribution in [0.4, 0.5) is 18.9 Å². The first-order chi connectivity index (χ1) is 13.8. The molecule has 9 heteroatoms. The molecule has 5 nitrogen and oxygen atoms in total. The molecule has 1 aromatic heterocycles. The van der Waals surface area contributed by atoms with E-state index in [1.807, 2.05) is 0 Å². The van der Waals surface area contributed by atoms with E-state index >= 15 is 0 Å². The summed E-state index contributed by atoms with van der Waals surface area (Å²) in [5.74, 6) is -1.17. The number of thioether (sulfide) groups is 1. The van der Waals surface area contributed by atoms with Crippen LogP contribution in [0.2, 0.25) is 0 Å². The number of carbonyl (C=O) groups excluding carboxylic acids is 1. The van der Waals surface area contributed by atoms with Crippen LogP contribution in [0.3, 0.4) is 0 Å². The molecule has 1 N–H and O–H groups in total. The van der Waals surface area contributed by atoms with Crippen molar-refractivity contribution in [2.75, 3.05) is 6.61 Å². The number of aromatic nitrogens is 1. The van der Waals surface area contributed by atoms with Gasteiger partial charge in [0.25, 0.3) is 0 Å². The zero-order valence-electron chi connectivity index (χ0n) is 15.1. The van der Waals surface area contributed by atoms with Gasteiger partial charge in [0, 0.05) is 6.20 Å². The van der Waals surface area contributed by atoms with Crippen LogP contribution in [-0.4, -0.2) is 27.7 Å². The van der Waals surface area contributed by atoms with Gasteiger partial charge in [-0.25, -0.2) is 9.79 Å². The van der Waals surface area contributed by atoms with E-state index in [1.165, 1.54) is 12.1 Å². The Kier molecular flexibility index (Phi) is 6.07. The summed E-state index contributed by atoms with van der Waals surface area (Å²) in [6.45, 7) is 1.67. The number of alkyl halides is 3. The third-order valence-electron chi connectivity index (χ3n) is 3.74. The van der Waals surface area contributed by atoms with Crippen LogP contribution in [-0.2, 0) is 15.7 Å². The number of benzene rings is 1. The van der Waals surface area contributed by atoms with Crippen LogP contribution in [0.1, 0.15) is 18.2 Å². The average molecular weight is 420 g/mol. The monoisotopic (exact) mass is 420 g/mol. The van der Waals surface area contributed by atoms with E-state index in [4.69, 9.17) is 4.74 Å². The second-order valence-electron chi connectivity index (χ2n) is 5.77. The number of esters is 1. The summed E-state index contributed by atoms with van der Waals surface area (Å²) in [5.41, 5.74) is -0.532. The van der Waals surface area contributed by atoms with E-state index in [0.29, 0.717) is 5.69 Å². The molecule has 0 atom stereocenters. The SMILES string of the molecule is CCOC(=O)C1=C(O)C(=Cc2ccccn2)SC1=Nc1cccc(C(F)(F)F)c1. The summed E-state index contributed by atoms with van der Waals surface area (Å²) >= 11 is 0.949. The molecule has 0 aliphatic carbocycles. The van der Waals surface area contributed by atoms with Gasteiger partial charge in [0.2, 0.25) is 0 Å². The van der Waals surface area contributed by atoms with Gasteiger partial charge in [0.05, 0.1) is 28.5 Å². The molecule has 2 heterocycles. The third kappa shape index (κ3) is 4.86. The zero-order chi connectivity index (χ0) is 21.0. The molecular formula is C20H15F3N2O3S. The first-order valence-corrected chi connectivity index (χ1v) is 9.29. The summed E-state index contributed by atoms with van der Waals surface area (Å²) in [7, 11) is 0. The number of pyridine rings is 1. The molecule has 1 aromatic carbocycles. The Hall–Kier alpha value is -3.07. The van der Waals surface area contributed by atoms with E-state index in [2.05, 4.69) is 9.98 Å². The van der Waals surface area contributed by atoms with Gasteiger partial charge in [-0.3, -0.25) is 4.98 Å². The fourth-order valence-corrected chi connectivity index (χ4v) is 3.48. The van der Waals surface area contributed by atoms with Crippen LogP contribution in [0.25, 0.3) is 6.08 Å². The number of aliphatic hydroxyl groups excluding tert-OH is 1. The fraction of sp³-hybridized carbons (Fsp3) is 0.150. The Morgan fingerprint density at radius 2 is 2.07 bits per heavy atom. The lowest BCUT2D eigenvalue weighted by Crippen LogP contribution is -2.13. The summed E-state index contributed by atoms with van der Waals surface area (Å²) < 4.78 is 43.8. The van der Waals surface area contributed by atoms with Crippen LogP contribution in [0.5, 0.6) is 0 Å². The zero-order valence-corrected chi connectivity index (χ0v) is 15.9. The number of carbonyl (C=O) groups is 1. The van der Waals surface area contributed by atoms with Crippen LogP contribution >= 0.6 is 11.8 Å². The molecule has 3 rings (SSSR count). The molecule has 0 saturated carbocycles. The number of aliphatic hydroxyl groups is 1. The second kappa shape index (κ2) is 8.52. The molecule has 29 heavy (non-hydrogen) atoms. The summed E-state index contributed by atoms with van der Waals surface area (Å²) in [6, 6.07) is 9.58. The van der Waals surface area contributed by atoms with E-state index in [-0.39, 0.29) is 33.6 Å². The molecule has 2 aromatic rings. The Balaban J connectivity index is 2.05. The Labute approximate surface area is 168 Å².